The van der Waals surface area contributed by atoms with Crippen molar-refractivity contribution < 1.29 is 4.48 Å². The molecule has 0 saturated carbocycles. The zero-order valence-electron chi connectivity index (χ0n) is 22.5. The van der Waals surface area contributed by atoms with Crippen LogP contribution in [0.15, 0.2) is 105 Å². The van der Waals surface area contributed by atoms with Crippen molar-refractivity contribution >= 4 is 46.3 Å². The number of pyridine rings is 2. The van der Waals surface area contributed by atoms with E-state index in [2.05, 4.69) is 107 Å². The van der Waals surface area contributed by atoms with E-state index in [0.29, 0.717) is 12.1 Å². The summed E-state index contributed by atoms with van der Waals surface area (Å²) in [7, 11) is 4.85. The summed E-state index contributed by atoms with van der Waals surface area (Å²) < 4.78 is 0.956. The summed E-state index contributed by atoms with van der Waals surface area (Å²) in [6, 6.07) is 22.9. The van der Waals surface area contributed by atoms with E-state index >= 15 is 0 Å². The van der Waals surface area contributed by atoms with Gasteiger partial charge in [-0.2, -0.15) is 0 Å². The topological polar surface area (TPSA) is 32.3 Å². The monoisotopic (exact) mass is 552 g/mol. The van der Waals surface area contributed by atoms with Crippen molar-refractivity contribution in [2.75, 3.05) is 37.0 Å². The maximum Gasteiger partial charge on any atom is 0.0994 e. The van der Waals surface area contributed by atoms with Gasteiger partial charge in [-0.3, -0.25) is 9.97 Å². The van der Waals surface area contributed by atoms with Crippen LogP contribution in [-0.2, 0) is 0 Å². The Morgan fingerprint density at radius 2 is 1.05 bits per heavy atom. The number of aromatic nitrogens is 2. The van der Waals surface area contributed by atoms with Crippen molar-refractivity contribution in [1.29, 1.82) is 0 Å². The Bertz CT molecular complexity index is 1300. The summed E-state index contributed by atoms with van der Waals surface area (Å²) in [6.45, 7) is 2.15. The number of quaternary nitrogens is 1. The fourth-order valence-electron chi connectivity index (χ4n) is 6.63. The number of hydrogen-bond acceptors (Lipinski definition) is 6. The van der Waals surface area contributed by atoms with Gasteiger partial charge >= 0.3 is 0 Å². The lowest BCUT2D eigenvalue weighted by atomic mass is 10.0. The van der Waals surface area contributed by atoms with Gasteiger partial charge in [0.25, 0.3) is 0 Å². The number of rotatable bonds is 2. The first-order chi connectivity index (χ1) is 19.1. The second-order valence-electron chi connectivity index (χ2n) is 11.5. The Balaban J connectivity index is 1.24. The fraction of sp³-hybridized carbons (Fsp3) is 0.312. The largest absolute Gasteiger partial charge is 0.330 e. The van der Waals surface area contributed by atoms with Crippen molar-refractivity contribution in [2.24, 2.45) is 0 Å². The van der Waals surface area contributed by atoms with Crippen LogP contribution in [0.3, 0.4) is 0 Å². The second kappa shape index (κ2) is 10.2. The van der Waals surface area contributed by atoms with Crippen LogP contribution in [0.2, 0.25) is 0 Å². The molecule has 2 unspecified atom stereocenters. The van der Waals surface area contributed by atoms with Crippen LogP contribution in [0, 0.1) is 0 Å². The molecule has 0 spiro atoms. The normalized spacial score (nSPS) is 21.9. The van der Waals surface area contributed by atoms with E-state index in [9.17, 15) is 0 Å². The molecule has 1 saturated heterocycles. The van der Waals surface area contributed by atoms with Crippen LogP contribution >= 0.6 is 23.5 Å². The molecular formula is C32H34N5S2+. The van der Waals surface area contributed by atoms with Crippen molar-refractivity contribution in [3.8, 4) is 0 Å². The number of fused-ring (bicyclic) bond motifs is 4. The maximum atomic E-state index is 4.55. The lowest BCUT2D eigenvalue weighted by Gasteiger charge is -2.44. The average molecular weight is 553 g/mol. The molecule has 7 heteroatoms. The van der Waals surface area contributed by atoms with Gasteiger partial charge in [0.15, 0.2) is 0 Å². The molecule has 2 aromatic carbocycles. The summed E-state index contributed by atoms with van der Waals surface area (Å²) in [5, 5.41) is 0. The number of nitrogens with zero attached hydrogens (tertiary/aromatic N) is 5. The first kappa shape index (κ1) is 25.0. The summed E-state index contributed by atoms with van der Waals surface area (Å²) >= 11 is 3.74. The molecule has 4 aromatic rings. The first-order valence-corrected chi connectivity index (χ1v) is 15.5. The summed E-state index contributed by atoms with van der Waals surface area (Å²) in [5.41, 5.74) is 5.16. The highest BCUT2D eigenvalue weighted by atomic mass is 32.2. The lowest BCUT2D eigenvalue weighted by Crippen LogP contribution is -2.55. The highest BCUT2D eigenvalue weighted by Crippen LogP contribution is 2.51. The Hall–Kier alpha value is -3.00. The van der Waals surface area contributed by atoms with E-state index in [1.54, 1.807) is 0 Å². The third-order valence-corrected chi connectivity index (χ3v) is 10.5. The van der Waals surface area contributed by atoms with Gasteiger partial charge in [0.05, 0.1) is 74.4 Å². The Labute approximate surface area is 239 Å². The summed E-state index contributed by atoms with van der Waals surface area (Å²) in [6.07, 6.45) is 12.8. The van der Waals surface area contributed by atoms with Gasteiger partial charge in [0.1, 0.15) is 0 Å². The maximum absolute atomic E-state index is 4.55. The smallest absolute Gasteiger partial charge is 0.0994 e. The second-order valence-corrected chi connectivity index (χ2v) is 13.6. The molecule has 5 nitrogen and oxygen atoms in total. The molecule has 0 aliphatic carbocycles. The molecule has 0 radical (unpaired) electrons. The van der Waals surface area contributed by atoms with Gasteiger partial charge in [-0.25, -0.2) is 0 Å². The van der Waals surface area contributed by atoms with Gasteiger partial charge in [-0.1, -0.05) is 60.6 Å². The van der Waals surface area contributed by atoms with Crippen molar-refractivity contribution in [3.05, 3.63) is 85.5 Å². The Kier molecular flexibility index (Phi) is 6.53. The standard InChI is InChI=1S/C32H34N5S2/c1-37(2)21-23(35-25-11-5-7-13-29(25)38-31-15-17-33-19-27(31)35)9-3-4-10-24(22-37)36-26-12-6-8-14-30(26)39-32-16-18-34-20-28(32)36/h5-8,11-20,23-24H,3-4,9-10,21-22H2,1-2H3/q+1. The molecule has 0 bridgehead atoms. The molecule has 7 rings (SSSR count). The van der Waals surface area contributed by atoms with Gasteiger partial charge in [0, 0.05) is 32.0 Å². The van der Waals surface area contributed by atoms with Crippen LogP contribution in [0.5, 0.6) is 0 Å². The van der Waals surface area contributed by atoms with Crippen molar-refractivity contribution in [3.63, 3.8) is 0 Å². The third-order valence-electron chi connectivity index (χ3n) is 8.20. The average Bonchev–Trinajstić information content (AvgIpc) is 3.02. The van der Waals surface area contributed by atoms with Gasteiger partial charge in [-0.05, 0) is 49.2 Å². The van der Waals surface area contributed by atoms with Crippen LogP contribution in [0.4, 0.5) is 22.7 Å². The molecule has 3 aliphatic rings. The molecule has 1 fully saturated rings. The highest BCUT2D eigenvalue weighted by Gasteiger charge is 2.38. The number of hydrogen-bond donors (Lipinski definition) is 0. The van der Waals surface area contributed by atoms with E-state index in [1.165, 1.54) is 68.0 Å². The Morgan fingerprint density at radius 3 is 1.54 bits per heavy atom. The van der Waals surface area contributed by atoms with Gasteiger partial charge in [0.2, 0.25) is 0 Å². The van der Waals surface area contributed by atoms with E-state index < -0.39 is 0 Å². The van der Waals surface area contributed by atoms with E-state index in [1.807, 2.05) is 35.9 Å². The molecule has 0 N–H and O–H groups in total. The van der Waals surface area contributed by atoms with Crippen LogP contribution < -0.4 is 9.80 Å². The van der Waals surface area contributed by atoms with E-state index in [4.69, 9.17) is 0 Å². The van der Waals surface area contributed by atoms with Crippen LogP contribution in [-0.4, -0.2) is 53.7 Å². The molecule has 2 atom stereocenters. The molecular weight excluding hydrogens is 519 g/mol. The minimum absolute atomic E-state index is 0.405. The molecule has 3 aliphatic heterocycles. The van der Waals surface area contributed by atoms with E-state index in [0.717, 1.165) is 17.6 Å². The van der Waals surface area contributed by atoms with Gasteiger partial charge < -0.3 is 14.3 Å². The number of benzene rings is 2. The van der Waals surface area contributed by atoms with E-state index in [-0.39, 0.29) is 0 Å². The molecule has 39 heavy (non-hydrogen) atoms. The van der Waals surface area contributed by atoms with Gasteiger partial charge in [-0.15, -0.1) is 0 Å². The number of para-hydroxylation sites is 2. The molecule has 2 aromatic heterocycles. The van der Waals surface area contributed by atoms with Crippen LogP contribution in [0.1, 0.15) is 25.7 Å². The Morgan fingerprint density at radius 1 is 0.615 bits per heavy atom. The summed E-state index contributed by atoms with van der Waals surface area (Å²) in [4.78, 5) is 19.6. The summed E-state index contributed by atoms with van der Waals surface area (Å²) in [5.74, 6) is 0. The molecule has 198 valence electrons. The zero-order valence-corrected chi connectivity index (χ0v) is 24.2. The predicted molar refractivity (Wildman–Crippen MR) is 162 cm³/mol. The minimum atomic E-state index is 0.405. The fourth-order valence-corrected chi connectivity index (χ4v) is 8.71. The van der Waals surface area contributed by atoms with Crippen molar-refractivity contribution in [1.82, 2.24) is 9.97 Å². The highest BCUT2D eigenvalue weighted by molar-refractivity contribution is 8.00. The van der Waals surface area contributed by atoms with Crippen LogP contribution in [0.25, 0.3) is 0 Å². The zero-order chi connectivity index (χ0) is 26.4. The lowest BCUT2D eigenvalue weighted by molar-refractivity contribution is -0.891. The first-order valence-electron chi connectivity index (χ1n) is 13.9. The predicted octanol–water partition coefficient (Wildman–Crippen LogP) is 7.77. The third kappa shape index (κ3) is 4.71. The quantitative estimate of drug-likeness (QED) is 0.236. The number of anilines is 4. The molecule has 5 heterocycles. The number of likely N-dealkylation sites (N-methyl/N-ethyl adjacent to an activating group) is 1. The molecule has 0 amide bonds. The minimum Gasteiger partial charge on any atom is -0.330 e. The van der Waals surface area contributed by atoms with Crippen molar-refractivity contribution in [2.45, 2.75) is 57.3 Å². The SMILES string of the molecule is C[N+]1(C)CC(N2c3ccccc3Sc3ccncc32)CCCCC(N2c3ccccc3Sc3ccncc32)C1.